The Morgan fingerprint density at radius 3 is 0.459 bits per heavy atom. The smallest absolute Gasteiger partial charge is 0.457 e. The van der Waals surface area contributed by atoms with Crippen molar-refractivity contribution < 1.29 is 136 Å². The Labute approximate surface area is 206 Å². The van der Waals surface area contributed by atoms with Gasteiger partial charge in [0.15, 0.2) is 40.1 Å². The Morgan fingerprint density at radius 2 is 0.405 bits per heavy atom. The van der Waals surface area contributed by atoms with E-state index >= 15 is 0 Å². The van der Waals surface area contributed by atoms with Gasteiger partial charge in [0.1, 0.15) is 0 Å². The second-order valence-electron chi connectivity index (χ2n) is 3.83. The zero-order valence-corrected chi connectivity index (χ0v) is 20.6. The first-order valence-electron chi connectivity index (χ1n) is 5.15. The molecule has 33 heteroatoms. The van der Waals surface area contributed by atoms with Crippen LogP contribution < -0.4 is 0 Å². The Morgan fingerprint density at radius 1 is 0.324 bits per heavy atom. The van der Waals surface area contributed by atoms with Gasteiger partial charge in [-0.25, -0.2) is 33.7 Å². The zero-order valence-electron chi connectivity index (χ0n) is 16.2. The molecule has 0 aliphatic heterocycles. The molecule has 0 aromatic carbocycles. The molecule has 0 aromatic heterocycles. The van der Waals surface area contributed by atoms with Gasteiger partial charge in [-0.15, -0.1) is 0 Å². The van der Waals surface area contributed by atoms with Gasteiger partial charge >= 0.3 is 39.1 Å². The molecule has 0 heterocycles. The van der Waals surface area contributed by atoms with E-state index in [4.69, 9.17) is 0 Å². The average molecular weight is 729 g/mol. The maximum Gasteiger partial charge on any atom is 2.00 e. The van der Waals surface area contributed by atoms with Crippen LogP contribution >= 0.6 is 0 Å². The Kier molecular flexibility index (Phi) is 27.8. The van der Waals surface area contributed by atoms with Crippen LogP contribution in [-0.2, 0) is 90.0 Å². The van der Waals surface area contributed by atoms with E-state index in [1.165, 1.54) is 0 Å². The standard InChI is InChI=1S/2C2F6NO4S2.Mn.6H2O/c2*3-1(4,5)14(10,11)9-15(12,13)2(6,7)8;;;;;;;/h;;;6*1H2/q2*-1;+2;;;;;;/p+6. The van der Waals surface area contributed by atoms with Crippen LogP contribution in [0.5, 0.6) is 0 Å². The van der Waals surface area contributed by atoms with Crippen LogP contribution in [0.4, 0.5) is 52.7 Å². The van der Waals surface area contributed by atoms with Crippen LogP contribution in [0.3, 0.4) is 0 Å². The maximum atomic E-state index is 11.4. The van der Waals surface area contributed by atoms with Crippen LogP contribution in [0, 0.1) is 0 Å². The fourth-order valence-electron chi connectivity index (χ4n) is 0.427. The molecule has 1 radical (unpaired) electrons. The molecule has 37 heavy (non-hydrogen) atoms. The van der Waals surface area contributed by atoms with Crippen LogP contribution in [0.1, 0.15) is 0 Å². The van der Waals surface area contributed by atoms with Crippen molar-refractivity contribution in [2.75, 3.05) is 0 Å². The molecule has 0 aliphatic carbocycles. The van der Waals surface area contributed by atoms with Gasteiger partial charge in [-0.1, -0.05) is 0 Å². The normalized spacial score (nSPS) is 12.4. The summed E-state index contributed by atoms with van der Waals surface area (Å²) in [5.41, 5.74) is -24.8. The third-order valence-electron chi connectivity index (χ3n) is 1.56. The molecule has 0 saturated carbocycles. The number of halogens is 12. The van der Waals surface area contributed by atoms with Crippen molar-refractivity contribution in [3.05, 3.63) is 8.25 Å². The van der Waals surface area contributed by atoms with Gasteiger partial charge in [0.05, 0.1) is 0 Å². The van der Waals surface area contributed by atoms with Crippen molar-refractivity contribution >= 4 is 40.1 Å². The van der Waals surface area contributed by atoms with E-state index in [0.717, 1.165) is 8.25 Å². The predicted octanol–water partition coefficient (Wildman–Crippen LogP) is -3.42. The fraction of sp³-hybridized carbons (Fsp3) is 1.00. The number of hydrogen-bond donors (Lipinski definition) is 0. The van der Waals surface area contributed by atoms with Crippen molar-refractivity contribution in [2.45, 2.75) is 22.0 Å². The third-order valence-corrected chi connectivity index (χ3v) is 7.04. The Hall–Kier alpha value is -0.841. The van der Waals surface area contributed by atoms with Crippen LogP contribution in [0.15, 0.2) is 0 Å². The van der Waals surface area contributed by atoms with Crippen molar-refractivity contribution in [1.82, 2.24) is 0 Å². The molecule has 0 rings (SSSR count). The van der Waals surface area contributed by atoms with E-state index in [1.807, 2.05) is 0 Å². The minimum absolute atomic E-state index is 0. The summed E-state index contributed by atoms with van der Waals surface area (Å²) in [4.78, 5) is 0. The summed E-state index contributed by atoms with van der Waals surface area (Å²) in [6.45, 7) is 0. The second-order valence-corrected chi connectivity index (χ2v) is 10.7. The summed E-state index contributed by atoms with van der Waals surface area (Å²) in [6.07, 6.45) is 0. The summed E-state index contributed by atoms with van der Waals surface area (Å²) in [5, 5.41) is 0. The minimum Gasteiger partial charge on any atom is -0.457 e. The molecule has 0 saturated heterocycles. The molecule has 0 spiro atoms. The number of sulfonamides is 4. The Bertz CT molecular complexity index is 872. The summed E-state index contributed by atoms with van der Waals surface area (Å²) in [6, 6.07) is 0. The summed E-state index contributed by atoms with van der Waals surface area (Å²) >= 11 is 0. The SMILES string of the molecule is O=S(=O)([N-]S(=O)(=O)C(F)(F)F)C(F)(F)F.O=S(=O)([N-]S(=O)(=O)C(F)(F)F)C(F)(F)F.[Mn+2].[OH3+].[OH3+].[OH3+].[OH3+].[OH3+].[OH3+]. The minimum atomic E-state index is -6.72. The molecule has 0 unspecified atom stereocenters. The Balaban J connectivity index is -0.0000000509. The number of nitrogens with zero attached hydrogens (tertiary/aromatic N) is 2. The van der Waals surface area contributed by atoms with Gasteiger partial charge in [0.25, 0.3) is 0 Å². The fourth-order valence-corrected chi connectivity index (χ4v) is 3.85. The number of rotatable bonds is 4. The molecule has 0 aliphatic rings. The molecule has 16 nitrogen and oxygen atoms in total. The molecule has 0 aromatic rings. The van der Waals surface area contributed by atoms with E-state index in [1.54, 1.807) is 0 Å². The quantitative estimate of drug-likeness (QED) is 0.159. The van der Waals surface area contributed by atoms with Crippen molar-refractivity contribution in [3.63, 3.8) is 0 Å². The second kappa shape index (κ2) is 17.0. The zero-order chi connectivity index (χ0) is 25.4. The first-order chi connectivity index (χ1) is 12.4. The first-order valence-corrected chi connectivity index (χ1v) is 10.9. The monoisotopic (exact) mass is 729 g/mol. The van der Waals surface area contributed by atoms with Gasteiger partial charge in [-0.3, -0.25) is 0 Å². The predicted molar refractivity (Wildman–Crippen MR) is 95.8 cm³/mol. The third kappa shape index (κ3) is 17.4. The van der Waals surface area contributed by atoms with Gasteiger partial charge in [-0.2, -0.15) is 52.7 Å². The molecule has 0 fully saturated rings. The van der Waals surface area contributed by atoms with Crippen LogP contribution in [0.2, 0.25) is 0 Å². The van der Waals surface area contributed by atoms with Gasteiger partial charge < -0.3 is 41.1 Å². The summed E-state index contributed by atoms with van der Waals surface area (Å²) < 4.78 is 218. The van der Waals surface area contributed by atoms with Gasteiger partial charge in [-0.05, 0) is 0 Å². The molecule has 18 N–H and O–H groups in total. The van der Waals surface area contributed by atoms with E-state index in [9.17, 15) is 86.4 Å². The molecule has 0 amide bonds. The van der Waals surface area contributed by atoms with Crippen molar-refractivity contribution in [2.24, 2.45) is 0 Å². The number of hydrogen-bond acceptors (Lipinski definition) is 8. The van der Waals surface area contributed by atoms with Crippen molar-refractivity contribution in [1.29, 1.82) is 0 Å². The van der Waals surface area contributed by atoms with Crippen LogP contribution in [0.25, 0.3) is 8.25 Å². The van der Waals surface area contributed by atoms with E-state index in [0.29, 0.717) is 0 Å². The van der Waals surface area contributed by atoms with Crippen LogP contribution in [-0.4, -0.2) is 55.7 Å². The number of alkyl halides is 12. The van der Waals surface area contributed by atoms with Crippen molar-refractivity contribution in [3.8, 4) is 0 Å². The summed E-state index contributed by atoms with van der Waals surface area (Å²) in [5.74, 6) is 0. The average Bonchev–Trinajstić information content (AvgIpc) is 2.30. The van der Waals surface area contributed by atoms with Gasteiger partial charge in [0.2, 0.25) is 0 Å². The summed E-state index contributed by atoms with van der Waals surface area (Å²) in [7, 11) is -26.9. The topological polar surface area (TPSA) is 363 Å². The first kappa shape index (κ1) is 60.6. The maximum absolute atomic E-state index is 11.4. The molecular weight excluding hydrogens is 711 g/mol. The largest absolute Gasteiger partial charge is 2.00 e. The molecular formula is C4H18F12MnN2O14S4+6. The van der Waals surface area contributed by atoms with Gasteiger partial charge in [0, 0.05) is 0 Å². The van der Waals surface area contributed by atoms with E-state index in [2.05, 4.69) is 0 Å². The molecule has 237 valence electrons. The van der Waals surface area contributed by atoms with E-state index < -0.39 is 62.1 Å². The molecule has 0 atom stereocenters. The van der Waals surface area contributed by atoms with E-state index in [-0.39, 0.29) is 49.9 Å². The molecule has 0 bridgehead atoms.